The molecular formula is C21H26N2O5S. The van der Waals surface area contributed by atoms with Gasteiger partial charge in [-0.2, -0.15) is 0 Å². The van der Waals surface area contributed by atoms with Crippen molar-refractivity contribution in [1.29, 1.82) is 0 Å². The zero-order valence-corrected chi connectivity index (χ0v) is 17.7. The number of benzene rings is 2. The number of ether oxygens (including phenoxy) is 1. The van der Waals surface area contributed by atoms with Gasteiger partial charge >= 0.3 is 0 Å². The average Bonchev–Trinajstić information content (AvgIpc) is 2.67. The minimum atomic E-state index is -3.74. The van der Waals surface area contributed by atoms with Crippen molar-refractivity contribution in [3.05, 3.63) is 59.7 Å². The lowest BCUT2D eigenvalue weighted by molar-refractivity contribution is -0.130. The van der Waals surface area contributed by atoms with Crippen molar-refractivity contribution in [3.8, 4) is 5.75 Å². The van der Waals surface area contributed by atoms with Gasteiger partial charge in [-0.1, -0.05) is 24.3 Å². The van der Waals surface area contributed by atoms with E-state index in [1.165, 1.54) is 36.1 Å². The zero-order valence-electron chi connectivity index (χ0n) is 16.8. The molecule has 1 amide bonds. The van der Waals surface area contributed by atoms with Crippen LogP contribution >= 0.6 is 0 Å². The third-order valence-electron chi connectivity index (χ3n) is 4.31. The fourth-order valence-corrected chi connectivity index (χ4v) is 3.60. The van der Waals surface area contributed by atoms with Crippen molar-refractivity contribution >= 4 is 21.7 Å². The fraction of sp³-hybridized carbons (Fsp3) is 0.333. The summed E-state index contributed by atoms with van der Waals surface area (Å²) in [7, 11) is -2.09. The molecule has 0 aliphatic rings. The summed E-state index contributed by atoms with van der Waals surface area (Å²) in [4.78, 5) is 25.0. The van der Waals surface area contributed by atoms with Gasteiger partial charge in [0.2, 0.25) is 15.9 Å². The van der Waals surface area contributed by atoms with E-state index in [0.717, 1.165) is 11.3 Å². The molecule has 29 heavy (non-hydrogen) atoms. The predicted octanol–water partition coefficient (Wildman–Crippen LogP) is 2.40. The molecule has 0 aliphatic carbocycles. The lowest BCUT2D eigenvalue weighted by Crippen LogP contribution is -2.34. The first-order chi connectivity index (χ1) is 13.7. The molecule has 0 saturated carbocycles. The maximum Gasteiger partial charge on any atom is 0.240 e. The van der Waals surface area contributed by atoms with Crippen LogP contribution in [-0.4, -0.2) is 51.8 Å². The summed E-state index contributed by atoms with van der Waals surface area (Å²) in [6, 6.07) is 13.3. The second-order valence-corrected chi connectivity index (χ2v) is 8.48. The first-order valence-electron chi connectivity index (χ1n) is 9.23. The quantitative estimate of drug-likeness (QED) is 0.598. The van der Waals surface area contributed by atoms with Crippen LogP contribution in [0.3, 0.4) is 0 Å². The molecule has 0 saturated heterocycles. The number of hydrogen-bond acceptors (Lipinski definition) is 5. The van der Waals surface area contributed by atoms with E-state index >= 15 is 0 Å². The number of carbonyl (C=O) groups excluding carboxylic acids is 2. The molecule has 8 heteroatoms. The Kier molecular flexibility index (Phi) is 7.92. The Bertz CT molecular complexity index is 955. The van der Waals surface area contributed by atoms with Crippen LogP contribution in [0.15, 0.2) is 53.4 Å². The van der Waals surface area contributed by atoms with Gasteiger partial charge in [-0.05, 0) is 43.7 Å². The van der Waals surface area contributed by atoms with Crippen LogP contribution in [0.4, 0.5) is 0 Å². The molecule has 0 fully saturated rings. The van der Waals surface area contributed by atoms with Crippen molar-refractivity contribution in [2.75, 3.05) is 26.7 Å². The number of ketones is 1. The van der Waals surface area contributed by atoms with E-state index in [4.69, 9.17) is 4.74 Å². The van der Waals surface area contributed by atoms with Crippen molar-refractivity contribution < 1.29 is 22.7 Å². The molecular weight excluding hydrogens is 392 g/mol. The molecule has 2 aromatic carbocycles. The highest BCUT2D eigenvalue weighted by atomic mass is 32.2. The standard InChI is InChI=1S/C21H26N2O5S/c1-16-5-4-6-19(15-16)28-14-13-23(3)21(25)11-12-22-29(26,27)20-9-7-18(8-10-20)17(2)24/h4-10,15,22H,11-14H2,1-3H3. The molecule has 0 heterocycles. The SMILES string of the molecule is CC(=O)c1ccc(S(=O)(=O)NCCC(=O)N(C)CCOc2cccc(C)c2)cc1. The Morgan fingerprint density at radius 3 is 2.41 bits per heavy atom. The highest BCUT2D eigenvalue weighted by molar-refractivity contribution is 7.89. The van der Waals surface area contributed by atoms with Gasteiger partial charge in [-0.3, -0.25) is 9.59 Å². The van der Waals surface area contributed by atoms with E-state index in [2.05, 4.69) is 4.72 Å². The van der Waals surface area contributed by atoms with Crippen LogP contribution in [0.25, 0.3) is 0 Å². The van der Waals surface area contributed by atoms with Crippen LogP contribution < -0.4 is 9.46 Å². The summed E-state index contributed by atoms with van der Waals surface area (Å²) >= 11 is 0. The lowest BCUT2D eigenvalue weighted by atomic mass is 10.2. The molecule has 2 aromatic rings. The summed E-state index contributed by atoms with van der Waals surface area (Å²) in [5.74, 6) is 0.420. The average molecular weight is 419 g/mol. The second kappa shape index (κ2) is 10.2. The van der Waals surface area contributed by atoms with Crippen LogP contribution in [0, 0.1) is 6.92 Å². The van der Waals surface area contributed by atoms with E-state index in [9.17, 15) is 18.0 Å². The number of likely N-dealkylation sites (N-methyl/N-ethyl adjacent to an activating group) is 1. The minimum Gasteiger partial charge on any atom is -0.492 e. The summed E-state index contributed by atoms with van der Waals surface area (Å²) in [6.45, 7) is 4.11. The largest absolute Gasteiger partial charge is 0.492 e. The molecule has 0 aromatic heterocycles. The summed E-state index contributed by atoms with van der Waals surface area (Å²) in [5.41, 5.74) is 1.53. The van der Waals surface area contributed by atoms with Gasteiger partial charge in [0.1, 0.15) is 12.4 Å². The predicted molar refractivity (Wildman–Crippen MR) is 111 cm³/mol. The third kappa shape index (κ3) is 6.99. The molecule has 0 radical (unpaired) electrons. The monoisotopic (exact) mass is 418 g/mol. The van der Waals surface area contributed by atoms with Gasteiger partial charge in [0.05, 0.1) is 11.4 Å². The number of Topliss-reactive ketones (excluding diaryl/α,β-unsaturated/α-hetero) is 1. The topological polar surface area (TPSA) is 92.8 Å². The fourth-order valence-electron chi connectivity index (χ4n) is 2.57. The Hall–Kier alpha value is -2.71. The Morgan fingerprint density at radius 2 is 1.79 bits per heavy atom. The molecule has 0 spiro atoms. The number of amides is 1. The van der Waals surface area contributed by atoms with Gasteiger partial charge in [-0.25, -0.2) is 13.1 Å². The van der Waals surface area contributed by atoms with Crippen molar-refractivity contribution in [3.63, 3.8) is 0 Å². The Morgan fingerprint density at radius 1 is 1.10 bits per heavy atom. The maximum absolute atomic E-state index is 12.3. The first-order valence-corrected chi connectivity index (χ1v) is 10.7. The van der Waals surface area contributed by atoms with E-state index in [-0.39, 0.29) is 29.6 Å². The number of nitrogens with one attached hydrogen (secondary N) is 1. The second-order valence-electron chi connectivity index (χ2n) is 6.71. The number of rotatable bonds is 10. The number of hydrogen-bond donors (Lipinski definition) is 1. The summed E-state index contributed by atoms with van der Waals surface area (Å²) in [5, 5.41) is 0. The van der Waals surface area contributed by atoms with Crippen molar-refractivity contribution in [1.82, 2.24) is 9.62 Å². The Balaban J connectivity index is 1.76. The molecule has 156 valence electrons. The van der Waals surface area contributed by atoms with Crippen LogP contribution in [0.5, 0.6) is 5.75 Å². The lowest BCUT2D eigenvalue weighted by Gasteiger charge is -2.18. The highest BCUT2D eigenvalue weighted by Gasteiger charge is 2.16. The highest BCUT2D eigenvalue weighted by Crippen LogP contribution is 2.12. The first kappa shape index (κ1) is 22.6. The number of aryl methyl sites for hydroxylation is 1. The van der Waals surface area contributed by atoms with Gasteiger partial charge in [0.15, 0.2) is 5.78 Å². The molecule has 1 N–H and O–H groups in total. The van der Waals surface area contributed by atoms with Crippen molar-refractivity contribution in [2.45, 2.75) is 25.2 Å². The smallest absolute Gasteiger partial charge is 0.240 e. The van der Waals surface area contributed by atoms with Gasteiger partial charge in [0, 0.05) is 25.6 Å². The van der Waals surface area contributed by atoms with Crippen molar-refractivity contribution in [2.24, 2.45) is 0 Å². The molecule has 0 unspecified atom stereocenters. The van der Waals surface area contributed by atoms with Crippen LogP contribution in [0.1, 0.15) is 29.3 Å². The molecule has 7 nitrogen and oxygen atoms in total. The van der Waals surface area contributed by atoms with Crippen LogP contribution in [0.2, 0.25) is 0 Å². The molecule has 0 bridgehead atoms. The van der Waals surface area contributed by atoms with Gasteiger partial charge in [0.25, 0.3) is 0 Å². The maximum atomic E-state index is 12.3. The number of sulfonamides is 1. The van der Waals surface area contributed by atoms with E-state index < -0.39 is 10.0 Å². The zero-order chi connectivity index (χ0) is 21.4. The van der Waals surface area contributed by atoms with E-state index in [1.807, 2.05) is 31.2 Å². The summed E-state index contributed by atoms with van der Waals surface area (Å²) < 4.78 is 32.6. The van der Waals surface area contributed by atoms with E-state index in [0.29, 0.717) is 18.7 Å². The molecule has 2 rings (SSSR count). The number of carbonyl (C=O) groups is 2. The van der Waals surface area contributed by atoms with Crippen LogP contribution in [-0.2, 0) is 14.8 Å². The van der Waals surface area contributed by atoms with Gasteiger partial charge < -0.3 is 9.64 Å². The minimum absolute atomic E-state index is 0.0152. The molecule has 0 atom stereocenters. The number of nitrogens with zero attached hydrogens (tertiary/aromatic N) is 1. The van der Waals surface area contributed by atoms with Gasteiger partial charge in [-0.15, -0.1) is 0 Å². The normalized spacial score (nSPS) is 11.1. The summed E-state index contributed by atoms with van der Waals surface area (Å²) in [6.07, 6.45) is 0.0334. The molecule has 0 aliphatic heterocycles. The van der Waals surface area contributed by atoms with E-state index in [1.54, 1.807) is 7.05 Å². The third-order valence-corrected chi connectivity index (χ3v) is 5.79. The Labute approximate surface area is 171 Å².